The molecule has 0 spiro atoms. The lowest BCUT2D eigenvalue weighted by Crippen LogP contribution is -2.53. The fourth-order valence-corrected chi connectivity index (χ4v) is 2.08. The Labute approximate surface area is 127 Å². The Hall–Kier alpha value is -1.71. The average Bonchev–Trinajstić information content (AvgIpc) is 2.45. The van der Waals surface area contributed by atoms with Crippen molar-refractivity contribution in [3.63, 3.8) is 0 Å². The molecule has 1 saturated heterocycles. The van der Waals surface area contributed by atoms with E-state index in [0.29, 0.717) is 0 Å². The van der Waals surface area contributed by atoms with E-state index in [-0.39, 0.29) is 32.7 Å². The summed E-state index contributed by atoms with van der Waals surface area (Å²) in [5.41, 5.74) is 0. The SMILES string of the molecule is CC(=O)OCC1OC(OCCO)CC(OC(C)=O)C1OC=O. The largest absolute Gasteiger partial charge is 0.463 e. The van der Waals surface area contributed by atoms with Crippen molar-refractivity contribution in [1.82, 2.24) is 0 Å². The molecule has 1 rings (SSSR count). The number of rotatable bonds is 8. The lowest BCUT2D eigenvalue weighted by molar-refractivity contribution is -0.265. The van der Waals surface area contributed by atoms with Crippen LogP contribution in [0.15, 0.2) is 0 Å². The first-order valence-corrected chi connectivity index (χ1v) is 6.75. The first-order chi connectivity index (χ1) is 10.5. The van der Waals surface area contributed by atoms with Gasteiger partial charge in [-0.2, -0.15) is 0 Å². The highest BCUT2D eigenvalue weighted by molar-refractivity contribution is 5.66. The van der Waals surface area contributed by atoms with Gasteiger partial charge in [0.15, 0.2) is 12.4 Å². The molecule has 0 saturated carbocycles. The predicted molar refractivity (Wildman–Crippen MR) is 69.4 cm³/mol. The van der Waals surface area contributed by atoms with E-state index in [1.165, 1.54) is 13.8 Å². The number of aliphatic hydroxyl groups is 1. The molecule has 0 amide bonds. The van der Waals surface area contributed by atoms with Gasteiger partial charge in [0.25, 0.3) is 6.47 Å². The summed E-state index contributed by atoms with van der Waals surface area (Å²) in [5.74, 6) is -1.09. The number of hydrogen-bond acceptors (Lipinski definition) is 9. The summed E-state index contributed by atoms with van der Waals surface area (Å²) in [4.78, 5) is 32.8. The minimum atomic E-state index is -0.922. The molecule has 0 radical (unpaired) electrons. The van der Waals surface area contributed by atoms with Gasteiger partial charge in [-0.05, 0) is 0 Å². The van der Waals surface area contributed by atoms with Crippen molar-refractivity contribution in [3.05, 3.63) is 0 Å². The van der Waals surface area contributed by atoms with Gasteiger partial charge >= 0.3 is 11.9 Å². The molecule has 0 aromatic carbocycles. The Morgan fingerprint density at radius 3 is 2.59 bits per heavy atom. The van der Waals surface area contributed by atoms with Crippen LogP contribution in [0.2, 0.25) is 0 Å². The Balaban J connectivity index is 2.81. The van der Waals surface area contributed by atoms with E-state index in [4.69, 9.17) is 28.8 Å². The number of ether oxygens (including phenoxy) is 5. The van der Waals surface area contributed by atoms with Crippen molar-refractivity contribution in [1.29, 1.82) is 0 Å². The minimum absolute atomic E-state index is 0.0247. The zero-order valence-corrected chi connectivity index (χ0v) is 12.4. The van der Waals surface area contributed by atoms with Crippen molar-refractivity contribution < 1.29 is 43.2 Å². The molecule has 9 heteroatoms. The van der Waals surface area contributed by atoms with E-state index >= 15 is 0 Å². The van der Waals surface area contributed by atoms with Crippen molar-refractivity contribution in [2.24, 2.45) is 0 Å². The lowest BCUT2D eigenvalue weighted by atomic mass is 10.0. The van der Waals surface area contributed by atoms with Crippen LogP contribution in [-0.4, -0.2) is 67.9 Å². The maximum atomic E-state index is 11.2. The number of esters is 2. The second-order valence-corrected chi connectivity index (χ2v) is 4.58. The first kappa shape index (κ1) is 18.3. The Kier molecular flexibility index (Phi) is 7.78. The van der Waals surface area contributed by atoms with Crippen molar-refractivity contribution in [3.8, 4) is 0 Å². The Morgan fingerprint density at radius 1 is 1.32 bits per heavy atom. The standard InChI is InChI=1S/C13H20O9/c1-8(16)19-6-11-13(20-7-15)10(21-9(2)17)5-12(22-11)18-4-3-14/h7,10-14H,3-6H2,1-2H3. The van der Waals surface area contributed by atoms with E-state index in [1.807, 2.05) is 0 Å². The summed E-state index contributed by atoms with van der Waals surface area (Å²) in [5, 5.41) is 8.78. The molecule has 1 heterocycles. The highest BCUT2D eigenvalue weighted by atomic mass is 16.7. The molecule has 0 bridgehead atoms. The third-order valence-corrected chi connectivity index (χ3v) is 2.86. The average molecular weight is 320 g/mol. The Morgan fingerprint density at radius 2 is 2.05 bits per heavy atom. The minimum Gasteiger partial charge on any atom is -0.463 e. The number of carbonyl (C=O) groups excluding carboxylic acids is 3. The molecule has 22 heavy (non-hydrogen) atoms. The second kappa shape index (κ2) is 9.34. The van der Waals surface area contributed by atoms with E-state index < -0.39 is 36.5 Å². The molecule has 0 aliphatic carbocycles. The highest BCUT2D eigenvalue weighted by Gasteiger charge is 2.43. The molecule has 9 nitrogen and oxygen atoms in total. The maximum Gasteiger partial charge on any atom is 0.303 e. The Bertz CT molecular complexity index is 384. The topological polar surface area (TPSA) is 118 Å². The molecular weight excluding hydrogens is 300 g/mol. The second-order valence-electron chi connectivity index (χ2n) is 4.58. The van der Waals surface area contributed by atoms with Gasteiger partial charge in [-0.1, -0.05) is 0 Å². The zero-order chi connectivity index (χ0) is 16.5. The van der Waals surface area contributed by atoms with Crippen molar-refractivity contribution >= 4 is 18.4 Å². The van der Waals surface area contributed by atoms with Crippen LogP contribution in [0.1, 0.15) is 20.3 Å². The normalized spacial score (nSPS) is 27.8. The van der Waals surface area contributed by atoms with Crippen LogP contribution >= 0.6 is 0 Å². The van der Waals surface area contributed by atoms with Crippen LogP contribution in [0.3, 0.4) is 0 Å². The maximum absolute atomic E-state index is 11.2. The van der Waals surface area contributed by atoms with E-state index in [1.54, 1.807) is 0 Å². The van der Waals surface area contributed by atoms with E-state index in [2.05, 4.69) is 0 Å². The van der Waals surface area contributed by atoms with Gasteiger partial charge in [0.05, 0.1) is 13.2 Å². The van der Waals surface area contributed by atoms with Crippen LogP contribution in [0.5, 0.6) is 0 Å². The van der Waals surface area contributed by atoms with E-state index in [9.17, 15) is 14.4 Å². The van der Waals surface area contributed by atoms with Gasteiger partial charge in [-0.15, -0.1) is 0 Å². The quantitative estimate of drug-likeness (QED) is 0.346. The molecule has 126 valence electrons. The van der Waals surface area contributed by atoms with Crippen LogP contribution < -0.4 is 0 Å². The van der Waals surface area contributed by atoms with Gasteiger partial charge in [0.1, 0.15) is 18.8 Å². The molecule has 1 N–H and O–H groups in total. The van der Waals surface area contributed by atoms with Gasteiger partial charge in [0, 0.05) is 20.3 Å². The predicted octanol–water partition coefficient (Wildman–Crippen LogP) is -0.853. The fraction of sp³-hybridized carbons (Fsp3) is 0.769. The molecule has 0 aromatic heterocycles. The third kappa shape index (κ3) is 5.96. The molecule has 4 unspecified atom stereocenters. The first-order valence-electron chi connectivity index (χ1n) is 6.75. The smallest absolute Gasteiger partial charge is 0.303 e. The van der Waals surface area contributed by atoms with Crippen LogP contribution in [0.4, 0.5) is 0 Å². The molecule has 0 aromatic rings. The zero-order valence-electron chi connectivity index (χ0n) is 12.4. The summed E-state index contributed by atoms with van der Waals surface area (Å²) in [7, 11) is 0. The molecule has 1 aliphatic rings. The number of aliphatic hydroxyl groups excluding tert-OH is 1. The van der Waals surface area contributed by atoms with Gasteiger partial charge in [-0.25, -0.2) is 0 Å². The van der Waals surface area contributed by atoms with Gasteiger partial charge in [0.2, 0.25) is 0 Å². The van der Waals surface area contributed by atoms with Crippen molar-refractivity contribution in [2.45, 2.75) is 44.9 Å². The molecule has 1 aliphatic heterocycles. The van der Waals surface area contributed by atoms with Gasteiger partial charge in [-0.3, -0.25) is 14.4 Å². The lowest BCUT2D eigenvalue weighted by Gasteiger charge is -2.39. The molecule has 4 atom stereocenters. The van der Waals surface area contributed by atoms with Crippen LogP contribution in [-0.2, 0) is 38.1 Å². The van der Waals surface area contributed by atoms with Crippen LogP contribution in [0.25, 0.3) is 0 Å². The highest BCUT2D eigenvalue weighted by Crippen LogP contribution is 2.26. The van der Waals surface area contributed by atoms with Crippen LogP contribution in [0, 0.1) is 0 Å². The van der Waals surface area contributed by atoms with Gasteiger partial charge < -0.3 is 28.8 Å². The molecular formula is C13H20O9. The summed E-state index contributed by atoms with van der Waals surface area (Å²) in [6, 6.07) is 0. The summed E-state index contributed by atoms with van der Waals surface area (Å²) in [6.45, 7) is 2.28. The monoisotopic (exact) mass is 320 g/mol. The summed E-state index contributed by atoms with van der Waals surface area (Å²) in [6.07, 6.45) is -3.25. The fourth-order valence-electron chi connectivity index (χ4n) is 2.08. The third-order valence-electron chi connectivity index (χ3n) is 2.86. The van der Waals surface area contributed by atoms with Crippen molar-refractivity contribution in [2.75, 3.05) is 19.8 Å². The summed E-state index contributed by atoms with van der Waals surface area (Å²) >= 11 is 0. The summed E-state index contributed by atoms with van der Waals surface area (Å²) < 4.78 is 25.7. The number of hydrogen-bond donors (Lipinski definition) is 1. The molecule has 1 fully saturated rings. The number of carbonyl (C=O) groups is 3. The van der Waals surface area contributed by atoms with E-state index in [0.717, 1.165) is 0 Å².